The second-order valence-electron chi connectivity index (χ2n) is 4.12. The first kappa shape index (κ1) is 15.2. The van der Waals surface area contributed by atoms with Gasteiger partial charge in [-0.05, 0) is 13.1 Å². The second-order valence-corrected chi connectivity index (χ2v) is 4.12. The number of carboxylic acids is 1. The van der Waals surface area contributed by atoms with Gasteiger partial charge in [0.15, 0.2) is 5.69 Å². The van der Waals surface area contributed by atoms with Gasteiger partial charge in [-0.3, -0.25) is 9.48 Å². The molecule has 1 heterocycles. The van der Waals surface area contributed by atoms with Gasteiger partial charge in [-0.15, -0.1) is 0 Å². The third-order valence-electron chi connectivity index (χ3n) is 2.99. The third kappa shape index (κ3) is 3.78. The molecule has 0 aliphatic rings. The molecule has 0 aromatic carbocycles. The third-order valence-corrected chi connectivity index (χ3v) is 2.99. The van der Waals surface area contributed by atoms with Crippen molar-refractivity contribution in [2.75, 3.05) is 26.2 Å². The molecule has 0 radical (unpaired) electrons. The van der Waals surface area contributed by atoms with Crippen LogP contribution in [0.5, 0.6) is 0 Å². The van der Waals surface area contributed by atoms with E-state index in [-0.39, 0.29) is 11.3 Å². The predicted molar refractivity (Wildman–Crippen MR) is 70.3 cm³/mol. The number of carbonyl (C=O) groups excluding carboxylic acids is 1. The van der Waals surface area contributed by atoms with Crippen molar-refractivity contribution >= 4 is 11.9 Å². The SMILES string of the molecule is CCN(CC)CCNC(=O)c1cnn(C)c1C(=O)O. The molecule has 0 saturated heterocycles. The van der Waals surface area contributed by atoms with Crippen LogP contribution in [0.25, 0.3) is 0 Å². The average molecular weight is 268 g/mol. The molecule has 1 amide bonds. The Kier molecular flexibility index (Phi) is 5.50. The normalized spacial score (nSPS) is 10.7. The number of amides is 1. The number of aromatic carboxylic acids is 1. The first-order chi connectivity index (χ1) is 9.01. The molecule has 1 aromatic heterocycles. The molecule has 7 heteroatoms. The summed E-state index contributed by atoms with van der Waals surface area (Å²) in [5, 5.41) is 15.5. The topological polar surface area (TPSA) is 87.5 Å². The van der Waals surface area contributed by atoms with E-state index in [2.05, 4.69) is 29.2 Å². The Balaban J connectivity index is 2.62. The fourth-order valence-corrected chi connectivity index (χ4v) is 1.82. The Morgan fingerprint density at radius 1 is 1.42 bits per heavy atom. The Morgan fingerprint density at radius 3 is 2.58 bits per heavy atom. The minimum atomic E-state index is -1.16. The van der Waals surface area contributed by atoms with Crippen molar-refractivity contribution in [3.05, 3.63) is 17.5 Å². The molecule has 0 aliphatic carbocycles. The summed E-state index contributed by atoms with van der Waals surface area (Å²) in [4.78, 5) is 25.1. The highest BCUT2D eigenvalue weighted by Gasteiger charge is 2.21. The number of aromatic nitrogens is 2. The number of aryl methyl sites for hydroxylation is 1. The van der Waals surface area contributed by atoms with Crippen LogP contribution in [0.2, 0.25) is 0 Å². The quantitative estimate of drug-likeness (QED) is 0.737. The van der Waals surface area contributed by atoms with Gasteiger partial charge in [0, 0.05) is 20.1 Å². The van der Waals surface area contributed by atoms with Crippen LogP contribution in [-0.4, -0.2) is 57.8 Å². The number of hydrogen-bond acceptors (Lipinski definition) is 4. The molecule has 0 fully saturated rings. The summed E-state index contributed by atoms with van der Waals surface area (Å²) in [7, 11) is 1.50. The van der Waals surface area contributed by atoms with Gasteiger partial charge < -0.3 is 15.3 Å². The van der Waals surface area contributed by atoms with E-state index in [1.54, 1.807) is 0 Å². The molecular weight excluding hydrogens is 248 g/mol. The summed E-state index contributed by atoms with van der Waals surface area (Å²) >= 11 is 0. The molecule has 0 spiro atoms. The zero-order valence-corrected chi connectivity index (χ0v) is 11.5. The van der Waals surface area contributed by atoms with Crippen LogP contribution in [0, 0.1) is 0 Å². The van der Waals surface area contributed by atoms with Gasteiger partial charge in [-0.1, -0.05) is 13.8 Å². The van der Waals surface area contributed by atoms with Gasteiger partial charge in [-0.2, -0.15) is 5.10 Å². The molecule has 106 valence electrons. The van der Waals surface area contributed by atoms with Crippen LogP contribution in [0.4, 0.5) is 0 Å². The van der Waals surface area contributed by atoms with Crippen LogP contribution in [0.3, 0.4) is 0 Å². The smallest absolute Gasteiger partial charge is 0.354 e. The molecular formula is C12H20N4O3. The molecule has 0 atom stereocenters. The molecule has 1 rings (SSSR count). The minimum absolute atomic E-state index is 0.0922. The maximum atomic E-state index is 11.9. The summed E-state index contributed by atoms with van der Waals surface area (Å²) in [6.07, 6.45) is 1.27. The standard InChI is InChI=1S/C12H20N4O3/c1-4-16(5-2)7-6-13-11(17)9-8-14-15(3)10(9)12(18)19/h8H,4-7H2,1-3H3,(H,13,17)(H,18,19). The fraction of sp³-hybridized carbons (Fsp3) is 0.583. The monoisotopic (exact) mass is 268 g/mol. The average Bonchev–Trinajstić information content (AvgIpc) is 2.76. The number of carbonyl (C=O) groups is 2. The van der Waals surface area contributed by atoms with Crippen LogP contribution < -0.4 is 5.32 Å². The number of carboxylic acid groups (broad SMARTS) is 1. The Morgan fingerprint density at radius 2 is 2.05 bits per heavy atom. The van der Waals surface area contributed by atoms with Crippen molar-refractivity contribution in [2.24, 2.45) is 7.05 Å². The summed E-state index contributed by atoms with van der Waals surface area (Å²) in [5.41, 5.74) is -0.00474. The summed E-state index contributed by atoms with van der Waals surface area (Å²) in [6, 6.07) is 0. The van der Waals surface area contributed by atoms with Gasteiger partial charge in [0.05, 0.1) is 11.8 Å². The Labute approximate surface area is 112 Å². The molecule has 0 saturated carbocycles. The van der Waals surface area contributed by atoms with Gasteiger partial charge in [0.25, 0.3) is 5.91 Å². The molecule has 1 aromatic rings. The molecule has 0 bridgehead atoms. The number of hydrogen-bond donors (Lipinski definition) is 2. The zero-order chi connectivity index (χ0) is 14.4. The van der Waals surface area contributed by atoms with Crippen LogP contribution >= 0.6 is 0 Å². The molecule has 19 heavy (non-hydrogen) atoms. The van der Waals surface area contributed by atoms with Crippen LogP contribution in [0.1, 0.15) is 34.7 Å². The van der Waals surface area contributed by atoms with Gasteiger partial charge in [-0.25, -0.2) is 4.79 Å². The van der Waals surface area contributed by atoms with E-state index in [0.29, 0.717) is 6.54 Å². The van der Waals surface area contributed by atoms with E-state index in [9.17, 15) is 9.59 Å². The van der Waals surface area contributed by atoms with E-state index < -0.39 is 11.9 Å². The van der Waals surface area contributed by atoms with Crippen LogP contribution in [-0.2, 0) is 7.05 Å². The molecule has 7 nitrogen and oxygen atoms in total. The highest BCUT2D eigenvalue weighted by molar-refractivity contribution is 6.03. The lowest BCUT2D eigenvalue weighted by Crippen LogP contribution is -2.35. The maximum Gasteiger partial charge on any atom is 0.354 e. The van der Waals surface area contributed by atoms with Gasteiger partial charge >= 0.3 is 5.97 Å². The lowest BCUT2D eigenvalue weighted by Gasteiger charge is -2.17. The highest BCUT2D eigenvalue weighted by atomic mass is 16.4. The lowest BCUT2D eigenvalue weighted by atomic mass is 10.2. The van der Waals surface area contributed by atoms with E-state index in [1.165, 1.54) is 17.9 Å². The van der Waals surface area contributed by atoms with E-state index in [1.807, 2.05) is 0 Å². The number of nitrogens with zero attached hydrogens (tertiary/aromatic N) is 3. The van der Waals surface area contributed by atoms with Gasteiger partial charge in [0.1, 0.15) is 0 Å². The van der Waals surface area contributed by atoms with Crippen molar-refractivity contribution in [2.45, 2.75) is 13.8 Å². The summed E-state index contributed by atoms with van der Waals surface area (Å²) in [6.45, 7) is 7.15. The minimum Gasteiger partial charge on any atom is -0.477 e. The Bertz CT molecular complexity index is 452. The van der Waals surface area contributed by atoms with E-state index >= 15 is 0 Å². The number of likely N-dealkylation sites (N-methyl/N-ethyl adjacent to an activating group) is 1. The second kappa shape index (κ2) is 6.89. The van der Waals surface area contributed by atoms with Crippen LogP contribution in [0.15, 0.2) is 6.20 Å². The van der Waals surface area contributed by atoms with E-state index in [4.69, 9.17) is 5.11 Å². The largest absolute Gasteiger partial charge is 0.477 e. The fourth-order valence-electron chi connectivity index (χ4n) is 1.82. The van der Waals surface area contributed by atoms with E-state index in [0.717, 1.165) is 19.6 Å². The van der Waals surface area contributed by atoms with Crippen molar-refractivity contribution in [1.82, 2.24) is 20.0 Å². The summed E-state index contributed by atoms with van der Waals surface area (Å²) in [5.74, 6) is -1.56. The van der Waals surface area contributed by atoms with Gasteiger partial charge in [0.2, 0.25) is 0 Å². The van der Waals surface area contributed by atoms with Crippen molar-refractivity contribution in [1.29, 1.82) is 0 Å². The molecule has 0 aliphatic heterocycles. The number of nitrogens with one attached hydrogen (secondary N) is 1. The lowest BCUT2D eigenvalue weighted by molar-refractivity contribution is 0.0679. The Hall–Kier alpha value is -1.89. The highest BCUT2D eigenvalue weighted by Crippen LogP contribution is 2.07. The zero-order valence-electron chi connectivity index (χ0n) is 11.5. The molecule has 0 unspecified atom stereocenters. The van der Waals surface area contributed by atoms with Crippen molar-refractivity contribution in [3.8, 4) is 0 Å². The summed E-state index contributed by atoms with van der Waals surface area (Å²) < 4.78 is 1.18. The van der Waals surface area contributed by atoms with Crippen molar-refractivity contribution in [3.63, 3.8) is 0 Å². The number of rotatable bonds is 7. The van der Waals surface area contributed by atoms with Crippen molar-refractivity contribution < 1.29 is 14.7 Å². The maximum absolute atomic E-state index is 11.9. The first-order valence-corrected chi connectivity index (χ1v) is 6.27. The first-order valence-electron chi connectivity index (χ1n) is 6.27. The molecule has 2 N–H and O–H groups in total. The predicted octanol–water partition coefficient (Wildman–Crippen LogP) is 0.190.